The molecule has 1 aromatic heterocycles. The van der Waals surface area contributed by atoms with Crippen LogP contribution in [0.15, 0.2) is 33.5 Å². The van der Waals surface area contributed by atoms with Crippen LogP contribution in [0.25, 0.3) is 11.0 Å². The highest BCUT2D eigenvalue weighted by Gasteiger charge is 2.21. The van der Waals surface area contributed by atoms with Gasteiger partial charge in [-0.2, -0.15) is 0 Å². The summed E-state index contributed by atoms with van der Waals surface area (Å²) in [4.78, 5) is 22.7. The zero-order valence-corrected chi connectivity index (χ0v) is 9.50. The standard InChI is InChI=1S/C12H10O6/c1-16-6-17-10-7-4-2-3-5-8(7)18-12(15)9(10)11(13)14/h2-5H,6H2,1H3,(H,13,14). The van der Waals surface area contributed by atoms with Crippen LogP contribution in [0.2, 0.25) is 0 Å². The highest BCUT2D eigenvalue weighted by atomic mass is 16.7. The average molecular weight is 250 g/mol. The molecule has 94 valence electrons. The van der Waals surface area contributed by atoms with Gasteiger partial charge in [-0.1, -0.05) is 12.1 Å². The first-order chi connectivity index (χ1) is 8.65. The topological polar surface area (TPSA) is 86.0 Å². The molecule has 0 spiro atoms. The van der Waals surface area contributed by atoms with Gasteiger partial charge in [0.25, 0.3) is 0 Å². The van der Waals surface area contributed by atoms with Crippen LogP contribution in [0.1, 0.15) is 10.4 Å². The molecule has 0 radical (unpaired) electrons. The number of hydrogen-bond donors (Lipinski definition) is 1. The van der Waals surface area contributed by atoms with Crippen LogP contribution < -0.4 is 10.4 Å². The zero-order valence-electron chi connectivity index (χ0n) is 9.50. The van der Waals surface area contributed by atoms with Crippen molar-refractivity contribution >= 4 is 16.9 Å². The lowest BCUT2D eigenvalue weighted by molar-refractivity contribution is 0.0488. The zero-order chi connectivity index (χ0) is 13.1. The van der Waals surface area contributed by atoms with E-state index in [4.69, 9.17) is 19.0 Å². The molecule has 0 aliphatic carbocycles. The molecule has 6 nitrogen and oxygen atoms in total. The Labute approximate surface area is 101 Å². The van der Waals surface area contributed by atoms with Gasteiger partial charge >= 0.3 is 11.6 Å². The molecule has 0 atom stereocenters. The van der Waals surface area contributed by atoms with E-state index in [0.29, 0.717) is 5.39 Å². The van der Waals surface area contributed by atoms with Crippen LogP contribution in [0.3, 0.4) is 0 Å². The third-order valence-corrected chi connectivity index (χ3v) is 2.30. The van der Waals surface area contributed by atoms with Crippen molar-refractivity contribution in [1.29, 1.82) is 0 Å². The molecule has 0 aliphatic rings. The van der Waals surface area contributed by atoms with Crippen molar-refractivity contribution in [3.63, 3.8) is 0 Å². The van der Waals surface area contributed by atoms with Gasteiger partial charge < -0.3 is 19.0 Å². The predicted molar refractivity (Wildman–Crippen MR) is 61.9 cm³/mol. The maximum absolute atomic E-state index is 11.6. The number of carbonyl (C=O) groups is 1. The van der Waals surface area contributed by atoms with Crippen molar-refractivity contribution in [2.24, 2.45) is 0 Å². The Bertz CT molecular complexity index is 643. The molecular weight excluding hydrogens is 240 g/mol. The second kappa shape index (κ2) is 4.89. The Balaban J connectivity index is 2.76. The Kier molecular flexibility index (Phi) is 3.29. The molecule has 0 amide bonds. The van der Waals surface area contributed by atoms with Gasteiger partial charge in [-0.25, -0.2) is 9.59 Å². The molecule has 2 aromatic rings. The van der Waals surface area contributed by atoms with Gasteiger partial charge in [0, 0.05) is 7.11 Å². The molecule has 1 heterocycles. The molecule has 1 N–H and O–H groups in total. The fourth-order valence-corrected chi connectivity index (χ4v) is 1.57. The molecule has 0 fully saturated rings. The van der Waals surface area contributed by atoms with E-state index in [0.717, 1.165) is 0 Å². The Morgan fingerprint density at radius 1 is 1.39 bits per heavy atom. The summed E-state index contributed by atoms with van der Waals surface area (Å²) < 4.78 is 14.8. The number of fused-ring (bicyclic) bond motifs is 1. The first-order valence-corrected chi connectivity index (χ1v) is 5.06. The lowest BCUT2D eigenvalue weighted by atomic mass is 10.1. The average Bonchev–Trinajstić information content (AvgIpc) is 2.34. The van der Waals surface area contributed by atoms with Gasteiger partial charge in [-0.15, -0.1) is 0 Å². The summed E-state index contributed by atoms with van der Waals surface area (Å²) in [6.45, 7) is -0.159. The van der Waals surface area contributed by atoms with Gasteiger partial charge in [0.05, 0.1) is 5.39 Å². The minimum atomic E-state index is -1.40. The van der Waals surface area contributed by atoms with Crippen molar-refractivity contribution in [2.75, 3.05) is 13.9 Å². The number of benzene rings is 1. The summed E-state index contributed by atoms with van der Waals surface area (Å²) in [6.07, 6.45) is 0. The summed E-state index contributed by atoms with van der Waals surface area (Å²) in [6, 6.07) is 6.52. The van der Waals surface area contributed by atoms with E-state index in [-0.39, 0.29) is 18.1 Å². The molecule has 6 heteroatoms. The number of carboxylic acid groups (broad SMARTS) is 1. The minimum absolute atomic E-state index is 0.0452. The Morgan fingerprint density at radius 2 is 2.11 bits per heavy atom. The summed E-state index contributed by atoms with van der Waals surface area (Å²) >= 11 is 0. The van der Waals surface area contributed by atoms with Crippen LogP contribution in [-0.4, -0.2) is 25.0 Å². The van der Waals surface area contributed by atoms with E-state index in [1.807, 2.05) is 0 Å². The van der Waals surface area contributed by atoms with Crippen LogP contribution in [0.5, 0.6) is 5.75 Å². The highest BCUT2D eigenvalue weighted by molar-refractivity contribution is 5.97. The van der Waals surface area contributed by atoms with Gasteiger partial charge in [-0.05, 0) is 12.1 Å². The quantitative estimate of drug-likeness (QED) is 0.653. The minimum Gasteiger partial charge on any atom is -0.477 e. The monoisotopic (exact) mass is 250 g/mol. The van der Waals surface area contributed by atoms with Crippen LogP contribution >= 0.6 is 0 Å². The van der Waals surface area contributed by atoms with Crippen LogP contribution in [0, 0.1) is 0 Å². The SMILES string of the molecule is COCOc1c(C(=O)O)c(=O)oc2ccccc12. The first-order valence-electron chi connectivity index (χ1n) is 5.06. The molecule has 0 saturated carbocycles. The number of para-hydroxylation sites is 1. The summed E-state index contributed by atoms with van der Waals surface area (Å²) in [5.41, 5.74) is -1.23. The maximum atomic E-state index is 11.6. The number of rotatable bonds is 4. The normalized spacial score (nSPS) is 10.5. The Morgan fingerprint density at radius 3 is 2.78 bits per heavy atom. The maximum Gasteiger partial charge on any atom is 0.354 e. The van der Waals surface area contributed by atoms with E-state index in [2.05, 4.69) is 0 Å². The molecule has 0 unspecified atom stereocenters. The largest absolute Gasteiger partial charge is 0.477 e. The van der Waals surface area contributed by atoms with Gasteiger partial charge in [0.15, 0.2) is 18.1 Å². The smallest absolute Gasteiger partial charge is 0.354 e. The van der Waals surface area contributed by atoms with Crippen molar-refractivity contribution in [2.45, 2.75) is 0 Å². The molecule has 2 rings (SSSR count). The van der Waals surface area contributed by atoms with Crippen molar-refractivity contribution < 1.29 is 23.8 Å². The van der Waals surface area contributed by atoms with E-state index in [1.165, 1.54) is 7.11 Å². The summed E-state index contributed by atoms with van der Waals surface area (Å²) in [7, 11) is 1.40. The number of methoxy groups -OCH3 is 1. The van der Waals surface area contributed by atoms with Gasteiger partial charge in [0.2, 0.25) is 0 Å². The molecule has 0 saturated heterocycles. The van der Waals surface area contributed by atoms with Crippen LogP contribution in [-0.2, 0) is 4.74 Å². The Hall–Kier alpha value is -2.34. The molecule has 0 aliphatic heterocycles. The van der Waals surface area contributed by atoms with Crippen molar-refractivity contribution in [3.05, 3.63) is 40.2 Å². The lowest BCUT2D eigenvalue weighted by Crippen LogP contribution is -2.17. The number of aromatic carboxylic acids is 1. The number of hydrogen-bond acceptors (Lipinski definition) is 5. The third-order valence-electron chi connectivity index (χ3n) is 2.30. The second-order valence-corrected chi connectivity index (χ2v) is 3.45. The van der Waals surface area contributed by atoms with E-state index >= 15 is 0 Å². The van der Waals surface area contributed by atoms with E-state index in [1.54, 1.807) is 24.3 Å². The first kappa shape index (κ1) is 12.1. The fraction of sp³-hybridized carbons (Fsp3) is 0.167. The van der Waals surface area contributed by atoms with Gasteiger partial charge in [0.1, 0.15) is 5.58 Å². The van der Waals surface area contributed by atoms with Gasteiger partial charge in [-0.3, -0.25) is 0 Å². The summed E-state index contributed by atoms with van der Waals surface area (Å²) in [5, 5.41) is 9.43. The predicted octanol–water partition coefficient (Wildman–Crippen LogP) is 1.47. The van der Waals surface area contributed by atoms with E-state index in [9.17, 15) is 9.59 Å². The number of ether oxygens (including phenoxy) is 2. The third kappa shape index (κ3) is 2.05. The number of carboxylic acids is 1. The summed E-state index contributed by atoms with van der Waals surface area (Å²) in [5.74, 6) is -1.45. The van der Waals surface area contributed by atoms with E-state index < -0.39 is 17.2 Å². The fourth-order valence-electron chi connectivity index (χ4n) is 1.57. The molecule has 1 aromatic carbocycles. The second-order valence-electron chi connectivity index (χ2n) is 3.45. The highest BCUT2D eigenvalue weighted by Crippen LogP contribution is 2.27. The van der Waals surface area contributed by atoms with Crippen molar-refractivity contribution in [1.82, 2.24) is 0 Å². The lowest BCUT2D eigenvalue weighted by Gasteiger charge is -2.09. The van der Waals surface area contributed by atoms with Crippen molar-refractivity contribution in [3.8, 4) is 5.75 Å². The van der Waals surface area contributed by atoms with Crippen LogP contribution in [0.4, 0.5) is 0 Å². The molecule has 18 heavy (non-hydrogen) atoms. The molecule has 0 bridgehead atoms. The molecular formula is C12H10O6.